The zero-order valence-corrected chi connectivity index (χ0v) is 7.86. The van der Waals surface area contributed by atoms with Gasteiger partial charge in [0.2, 0.25) is 0 Å². The van der Waals surface area contributed by atoms with Gasteiger partial charge in [0.05, 0.1) is 5.52 Å². The van der Waals surface area contributed by atoms with Gasteiger partial charge in [0.25, 0.3) is 0 Å². The van der Waals surface area contributed by atoms with Crippen LogP contribution in [0.2, 0.25) is 0 Å². The van der Waals surface area contributed by atoms with Crippen molar-refractivity contribution in [2.24, 2.45) is 0 Å². The molecule has 0 aliphatic carbocycles. The minimum absolute atomic E-state index is 0.372. The molecule has 0 saturated carbocycles. The molecule has 1 heterocycles. The Hall–Kier alpha value is -1.98. The van der Waals surface area contributed by atoms with Crippen molar-refractivity contribution in [1.29, 1.82) is 0 Å². The summed E-state index contributed by atoms with van der Waals surface area (Å²) in [6.45, 7) is 0. The highest BCUT2D eigenvalue weighted by atomic mass is 19.4. The summed E-state index contributed by atoms with van der Waals surface area (Å²) in [5.41, 5.74) is 0.372. The standard InChI is InChI=1S/C10H6F3NO2/c11-10(12,13)16-9(15)14-6-5-7-3-1-2-4-8(7)14/h1-6H. The number of para-hydroxylation sites is 1. The van der Waals surface area contributed by atoms with Gasteiger partial charge in [-0.1, -0.05) is 18.2 Å². The number of rotatable bonds is 0. The Morgan fingerprint density at radius 3 is 2.56 bits per heavy atom. The Morgan fingerprint density at radius 2 is 1.88 bits per heavy atom. The number of halogens is 3. The molecule has 0 saturated heterocycles. The van der Waals surface area contributed by atoms with Crippen LogP contribution in [0.15, 0.2) is 36.5 Å². The van der Waals surface area contributed by atoms with Gasteiger partial charge in [-0.05, 0) is 12.1 Å². The van der Waals surface area contributed by atoms with Crippen molar-refractivity contribution in [3.63, 3.8) is 0 Å². The molecule has 0 spiro atoms. The lowest BCUT2D eigenvalue weighted by Gasteiger charge is -2.08. The number of aromatic nitrogens is 1. The van der Waals surface area contributed by atoms with E-state index in [2.05, 4.69) is 4.74 Å². The third-order valence-corrected chi connectivity index (χ3v) is 2.00. The summed E-state index contributed by atoms with van der Waals surface area (Å²) in [4.78, 5) is 11.2. The van der Waals surface area contributed by atoms with Crippen LogP contribution < -0.4 is 0 Å². The van der Waals surface area contributed by atoms with Crippen LogP contribution in [0.25, 0.3) is 10.9 Å². The molecule has 1 aromatic heterocycles. The number of alkyl halides is 3. The lowest BCUT2D eigenvalue weighted by molar-refractivity contribution is -0.290. The van der Waals surface area contributed by atoms with Gasteiger partial charge in [-0.3, -0.25) is 4.57 Å². The topological polar surface area (TPSA) is 31.2 Å². The third-order valence-electron chi connectivity index (χ3n) is 2.00. The monoisotopic (exact) mass is 229 g/mol. The van der Waals surface area contributed by atoms with Crippen LogP contribution in [-0.2, 0) is 4.74 Å². The minimum Gasteiger partial charge on any atom is -0.355 e. The third kappa shape index (κ3) is 2.00. The summed E-state index contributed by atoms with van der Waals surface area (Å²) in [6, 6.07) is 8.11. The van der Waals surface area contributed by atoms with Gasteiger partial charge >= 0.3 is 12.5 Å². The van der Waals surface area contributed by atoms with Gasteiger partial charge in [-0.15, -0.1) is 13.2 Å². The maximum atomic E-state index is 11.8. The first-order valence-electron chi connectivity index (χ1n) is 4.33. The number of hydrogen-bond donors (Lipinski definition) is 0. The molecule has 0 fully saturated rings. The second-order valence-corrected chi connectivity index (χ2v) is 3.06. The lowest BCUT2D eigenvalue weighted by atomic mass is 10.2. The number of fused-ring (bicyclic) bond motifs is 1. The SMILES string of the molecule is O=C(OC(F)(F)F)n1ccc2ccccc21. The molecule has 0 amide bonds. The molecule has 16 heavy (non-hydrogen) atoms. The molecule has 0 aliphatic heterocycles. The van der Waals surface area contributed by atoms with Gasteiger partial charge in [0.15, 0.2) is 0 Å². The summed E-state index contributed by atoms with van der Waals surface area (Å²) in [5.74, 6) is 0. The minimum atomic E-state index is -4.97. The molecular formula is C10H6F3NO2. The van der Waals surface area contributed by atoms with Crippen molar-refractivity contribution in [1.82, 2.24) is 4.57 Å². The fourth-order valence-corrected chi connectivity index (χ4v) is 1.39. The van der Waals surface area contributed by atoms with E-state index >= 15 is 0 Å². The number of nitrogens with zero attached hydrogens (tertiary/aromatic N) is 1. The fraction of sp³-hybridized carbons (Fsp3) is 0.100. The van der Waals surface area contributed by atoms with Gasteiger partial charge in [0, 0.05) is 11.6 Å². The van der Waals surface area contributed by atoms with E-state index in [0.29, 0.717) is 10.9 Å². The second-order valence-electron chi connectivity index (χ2n) is 3.06. The molecule has 0 aliphatic rings. The smallest absolute Gasteiger partial charge is 0.355 e. The zero-order valence-electron chi connectivity index (χ0n) is 7.86. The number of hydrogen-bond acceptors (Lipinski definition) is 2. The first-order valence-corrected chi connectivity index (χ1v) is 4.33. The average molecular weight is 229 g/mol. The van der Waals surface area contributed by atoms with Crippen LogP contribution in [0, 0.1) is 0 Å². The molecule has 84 valence electrons. The summed E-state index contributed by atoms with van der Waals surface area (Å²) >= 11 is 0. The number of ether oxygens (including phenoxy) is 1. The lowest BCUT2D eigenvalue weighted by Crippen LogP contribution is -2.23. The van der Waals surface area contributed by atoms with Crippen molar-refractivity contribution in [2.45, 2.75) is 6.36 Å². The van der Waals surface area contributed by atoms with E-state index in [1.54, 1.807) is 18.2 Å². The van der Waals surface area contributed by atoms with Crippen molar-refractivity contribution in [3.05, 3.63) is 36.5 Å². The van der Waals surface area contributed by atoms with Gasteiger partial charge in [-0.2, -0.15) is 0 Å². The highest BCUT2D eigenvalue weighted by Gasteiger charge is 2.34. The van der Waals surface area contributed by atoms with Crippen molar-refractivity contribution < 1.29 is 22.7 Å². The van der Waals surface area contributed by atoms with Crippen molar-refractivity contribution in [2.75, 3.05) is 0 Å². The van der Waals surface area contributed by atoms with E-state index < -0.39 is 12.5 Å². The van der Waals surface area contributed by atoms with E-state index in [1.807, 2.05) is 0 Å². The first kappa shape index (κ1) is 10.5. The largest absolute Gasteiger partial charge is 0.576 e. The molecule has 0 radical (unpaired) electrons. The van der Waals surface area contributed by atoms with Crippen LogP contribution >= 0.6 is 0 Å². The fourth-order valence-electron chi connectivity index (χ4n) is 1.39. The Morgan fingerprint density at radius 1 is 1.19 bits per heavy atom. The Labute approximate surface area is 88.0 Å². The molecule has 0 N–H and O–H groups in total. The van der Waals surface area contributed by atoms with Gasteiger partial charge in [0.1, 0.15) is 0 Å². The predicted molar refractivity (Wildman–Crippen MR) is 49.9 cm³/mol. The summed E-state index contributed by atoms with van der Waals surface area (Å²) in [7, 11) is 0. The highest BCUT2D eigenvalue weighted by Crippen LogP contribution is 2.20. The molecule has 0 atom stereocenters. The summed E-state index contributed by atoms with van der Waals surface area (Å²) in [5, 5.41) is 0.668. The second kappa shape index (κ2) is 3.55. The van der Waals surface area contributed by atoms with E-state index in [9.17, 15) is 18.0 Å². The van der Waals surface area contributed by atoms with Gasteiger partial charge < -0.3 is 4.74 Å². The summed E-state index contributed by atoms with van der Waals surface area (Å²) in [6.07, 6.45) is -5.20. The van der Waals surface area contributed by atoms with Crippen LogP contribution in [0.1, 0.15) is 0 Å². The first-order chi connectivity index (χ1) is 7.47. The Balaban J connectivity index is 2.37. The maximum absolute atomic E-state index is 11.8. The molecule has 1 aromatic carbocycles. The summed E-state index contributed by atoms with van der Waals surface area (Å²) < 4.78 is 39.6. The van der Waals surface area contributed by atoms with Crippen LogP contribution in [0.3, 0.4) is 0 Å². The normalized spacial score (nSPS) is 11.7. The highest BCUT2D eigenvalue weighted by molar-refractivity contribution is 5.89. The van der Waals surface area contributed by atoms with Gasteiger partial charge in [-0.25, -0.2) is 4.79 Å². The van der Waals surface area contributed by atoms with E-state index in [4.69, 9.17) is 0 Å². The molecule has 2 aromatic rings. The molecule has 6 heteroatoms. The quantitative estimate of drug-likeness (QED) is 0.694. The molecule has 2 rings (SSSR count). The van der Waals surface area contributed by atoms with E-state index in [0.717, 1.165) is 4.57 Å². The number of benzene rings is 1. The molecule has 3 nitrogen and oxygen atoms in total. The Kier molecular flexibility index (Phi) is 2.34. The van der Waals surface area contributed by atoms with E-state index in [1.165, 1.54) is 18.3 Å². The molecule has 0 bridgehead atoms. The van der Waals surface area contributed by atoms with Crippen LogP contribution in [0.5, 0.6) is 0 Å². The van der Waals surface area contributed by atoms with Crippen molar-refractivity contribution >= 4 is 17.0 Å². The number of carbonyl (C=O) groups excluding carboxylic acids is 1. The predicted octanol–water partition coefficient (Wildman–Crippen LogP) is 3.15. The average Bonchev–Trinajstić information content (AvgIpc) is 2.58. The Bertz CT molecular complexity index is 530. The van der Waals surface area contributed by atoms with Crippen LogP contribution in [0.4, 0.5) is 18.0 Å². The van der Waals surface area contributed by atoms with E-state index in [-0.39, 0.29) is 0 Å². The number of carbonyl (C=O) groups is 1. The zero-order chi connectivity index (χ0) is 11.8. The molecular weight excluding hydrogens is 223 g/mol. The van der Waals surface area contributed by atoms with Crippen LogP contribution in [-0.4, -0.2) is 17.0 Å². The maximum Gasteiger partial charge on any atom is 0.576 e. The molecule has 0 unspecified atom stereocenters. The van der Waals surface area contributed by atoms with Crippen molar-refractivity contribution in [3.8, 4) is 0 Å².